The summed E-state index contributed by atoms with van der Waals surface area (Å²) < 4.78 is 21.5. The first kappa shape index (κ1) is 20.7. The lowest BCUT2D eigenvalue weighted by Crippen LogP contribution is -2.19. The molecule has 0 unspecified atom stereocenters. The van der Waals surface area contributed by atoms with Crippen LogP contribution in [0.5, 0.6) is 17.2 Å². The number of hydrogen-bond acceptors (Lipinski definition) is 6. The zero-order chi connectivity index (χ0) is 20.8. The zero-order valence-electron chi connectivity index (χ0n) is 17.4. The van der Waals surface area contributed by atoms with Crippen molar-refractivity contribution in [1.82, 2.24) is 4.90 Å². The van der Waals surface area contributed by atoms with Crippen LogP contribution in [-0.2, 0) is 11.3 Å². The number of cyclic esters (lactones) is 1. The Hall–Kier alpha value is -2.99. The van der Waals surface area contributed by atoms with E-state index in [1.54, 1.807) is 33.5 Å². The molecule has 29 heavy (non-hydrogen) atoms. The van der Waals surface area contributed by atoms with Crippen LogP contribution in [0.3, 0.4) is 0 Å². The van der Waals surface area contributed by atoms with Crippen LogP contribution >= 0.6 is 0 Å². The van der Waals surface area contributed by atoms with Gasteiger partial charge >= 0.3 is 5.97 Å². The summed E-state index contributed by atoms with van der Waals surface area (Å²) in [5, 5.41) is 0. The summed E-state index contributed by atoms with van der Waals surface area (Å²) in [6.45, 7) is 1.73. The Balaban J connectivity index is 1.60. The number of para-hydroxylation sites is 1. The Morgan fingerprint density at radius 3 is 2.31 bits per heavy atom. The first-order chi connectivity index (χ1) is 14.1. The highest BCUT2D eigenvalue weighted by molar-refractivity contribution is 6.03. The summed E-state index contributed by atoms with van der Waals surface area (Å²) in [6.07, 6.45) is 3.70. The SMILES string of the molecule is COc1ccccc1CN(C)CCC/C=C1\OC(=O)c2cc(OC)c(OC)cc21. The number of hydrogen-bond donors (Lipinski definition) is 0. The molecule has 0 spiro atoms. The number of benzene rings is 2. The molecule has 1 heterocycles. The molecule has 154 valence electrons. The van der Waals surface area contributed by atoms with E-state index in [2.05, 4.69) is 18.0 Å². The monoisotopic (exact) mass is 397 g/mol. The Kier molecular flexibility index (Phi) is 6.77. The predicted octanol–water partition coefficient (Wildman–Crippen LogP) is 4.14. The molecule has 0 aromatic heterocycles. The van der Waals surface area contributed by atoms with Gasteiger partial charge < -0.3 is 23.8 Å². The average molecular weight is 397 g/mol. The van der Waals surface area contributed by atoms with E-state index < -0.39 is 0 Å². The number of esters is 1. The molecule has 6 nitrogen and oxygen atoms in total. The fourth-order valence-electron chi connectivity index (χ4n) is 3.41. The maximum Gasteiger partial charge on any atom is 0.344 e. The maximum atomic E-state index is 12.2. The van der Waals surface area contributed by atoms with Crippen molar-refractivity contribution in [1.29, 1.82) is 0 Å². The van der Waals surface area contributed by atoms with Gasteiger partial charge in [0.1, 0.15) is 11.5 Å². The third-order valence-electron chi connectivity index (χ3n) is 4.92. The largest absolute Gasteiger partial charge is 0.496 e. The van der Waals surface area contributed by atoms with Crippen molar-refractivity contribution in [2.24, 2.45) is 0 Å². The molecule has 1 aliphatic rings. The summed E-state index contributed by atoms with van der Waals surface area (Å²) in [6, 6.07) is 11.5. The van der Waals surface area contributed by atoms with Crippen molar-refractivity contribution < 1.29 is 23.7 Å². The molecule has 3 rings (SSSR count). The van der Waals surface area contributed by atoms with Crippen LogP contribution in [0, 0.1) is 0 Å². The Morgan fingerprint density at radius 1 is 0.966 bits per heavy atom. The number of allylic oxidation sites excluding steroid dienone is 1. The quantitative estimate of drug-likeness (QED) is 0.468. The maximum absolute atomic E-state index is 12.2. The lowest BCUT2D eigenvalue weighted by molar-refractivity contribution is 0.0715. The Morgan fingerprint density at radius 2 is 1.62 bits per heavy atom. The lowest BCUT2D eigenvalue weighted by Gasteiger charge is -2.18. The number of ether oxygens (including phenoxy) is 4. The highest BCUT2D eigenvalue weighted by atomic mass is 16.5. The molecule has 2 aromatic rings. The number of carbonyl (C=O) groups is 1. The fourth-order valence-corrected chi connectivity index (χ4v) is 3.41. The van der Waals surface area contributed by atoms with Crippen molar-refractivity contribution in [2.45, 2.75) is 19.4 Å². The van der Waals surface area contributed by atoms with E-state index >= 15 is 0 Å². The van der Waals surface area contributed by atoms with Gasteiger partial charge in [-0.25, -0.2) is 4.79 Å². The van der Waals surface area contributed by atoms with E-state index in [1.807, 2.05) is 24.3 Å². The summed E-state index contributed by atoms with van der Waals surface area (Å²) in [5.74, 6) is 2.22. The molecule has 6 heteroatoms. The van der Waals surface area contributed by atoms with Crippen LogP contribution in [0.15, 0.2) is 42.5 Å². The van der Waals surface area contributed by atoms with E-state index in [1.165, 1.54) is 0 Å². The van der Waals surface area contributed by atoms with Crippen LogP contribution in [0.2, 0.25) is 0 Å². The van der Waals surface area contributed by atoms with Crippen molar-refractivity contribution in [3.63, 3.8) is 0 Å². The summed E-state index contributed by atoms with van der Waals surface area (Å²) >= 11 is 0. The number of carbonyl (C=O) groups excluding carboxylic acids is 1. The van der Waals surface area contributed by atoms with E-state index in [4.69, 9.17) is 18.9 Å². The van der Waals surface area contributed by atoms with Crippen molar-refractivity contribution >= 4 is 11.7 Å². The van der Waals surface area contributed by atoms with Gasteiger partial charge in [0.15, 0.2) is 11.5 Å². The molecule has 0 bridgehead atoms. The number of nitrogens with zero attached hydrogens (tertiary/aromatic N) is 1. The Bertz CT molecular complexity index is 906. The number of methoxy groups -OCH3 is 3. The number of rotatable bonds is 9. The molecule has 0 saturated heterocycles. The van der Waals surface area contributed by atoms with Gasteiger partial charge in [-0.2, -0.15) is 0 Å². The van der Waals surface area contributed by atoms with Gasteiger partial charge in [0.05, 0.1) is 26.9 Å². The van der Waals surface area contributed by atoms with Crippen LogP contribution in [0.4, 0.5) is 0 Å². The molecular weight excluding hydrogens is 370 g/mol. The molecule has 0 atom stereocenters. The molecule has 1 aliphatic heterocycles. The highest BCUT2D eigenvalue weighted by Gasteiger charge is 2.28. The van der Waals surface area contributed by atoms with Crippen molar-refractivity contribution in [3.05, 3.63) is 59.2 Å². The van der Waals surface area contributed by atoms with Crippen LogP contribution < -0.4 is 14.2 Å². The molecule has 0 fully saturated rings. The summed E-state index contributed by atoms with van der Waals surface area (Å²) in [5.41, 5.74) is 2.41. The first-order valence-electron chi connectivity index (χ1n) is 9.56. The minimum Gasteiger partial charge on any atom is -0.496 e. The first-order valence-corrected chi connectivity index (χ1v) is 9.56. The van der Waals surface area contributed by atoms with Crippen LogP contribution in [0.1, 0.15) is 34.3 Å². The predicted molar refractivity (Wildman–Crippen MR) is 112 cm³/mol. The minimum absolute atomic E-state index is 0.361. The molecule has 0 N–H and O–H groups in total. The third-order valence-corrected chi connectivity index (χ3v) is 4.92. The van der Waals surface area contributed by atoms with E-state index in [0.29, 0.717) is 22.8 Å². The summed E-state index contributed by atoms with van der Waals surface area (Å²) in [7, 11) is 6.89. The van der Waals surface area contributed by atoms with Gasteiger partial charge in [0.2, 0.25) is 0 Å². The van der Waals surface area contributed by atoms with E-state index in [-0.39, 0.29) is 5.97 Å². The zero-order valence-corrected chi connectivity index (χ0v) is 17.4. The smallest absolute Gasteiger partial charge is 0.344 e. The molecule has 2 aromatic carbocycles. The van der Waals surface area contributed by atoms with Gasteiger partial charge in [0, 0.05) is 17.7 Å². The second-order valence-corrected chi connectivity index (χ2v) is 6.90. The van der Waals surface area contributed by atoms with Crippen molar-refractivity contribution in [3.8, 4) is 17.2 Å². The van der Waals surface area contributed by atoms with Gasteiger partial charge in [-0.1, -0.05) is 18.2 Å². The normalized spacial score (nSPS) is 14.1. The van der Waals surface area contributed by atoms with E-state index in [9.17, 15) is 4.79 Å². The fraction of sp³-hybridized carbons (Fsp3) is 0.348. The standard InChI is InChI=1S/C23H27NO5/c1-24(15-16-9-5-6-10-19(16)26-2)12-8-7-11-20-17-13-21(27-3)22(28-4)14-18(17)23(25)29-20/h5-6,9-11,13-14H,7-8,12,15H2,1-4H3/b20-11-. The topological polar surface area (TPSA) is 57.2 Å². The van der Waals surface area contributed by atoms with Crippen LogP contribution in [-0.4, -0.2) is 45.8 Å². The second kappa shape index (κ2) is 9.47. The van der Waals surface area contributed by atoms with Gasteiger partial charge in [0.25, 0.3) is 0 Å². The highest BCUT2D eigenvalue weighted by Crippen LogP contribution is 2.38. The Labute approximate surface area is 171 Å². The molecular formula is C23H27NO5. The number of fused-ring (bicyclic) bond motifs is 1. The van der Waals surface area contributed by atoms with Gasteiger partial charge in [-0.15, -0.1) is 0 Å². The van der Waals surface area contributed by atoms with Crippen molar-refractivity contribution in [2.75, 3.05) is 34.9 Å². The average Bonchev–Trinajstić information content (AvgIpc) is 3.05. The third kappa shape index (κ3) is 4.71. The number of unbranched alkanes of at least 4 members (excludes halogenated alkanes) is 1. The molecule has 0 aliphatic carbocycles. The molecule has 0 radical (unpaired) electrons. The van der Waals surface area contributed by atoms with Crippen LogP contribution in [0.25, 0.3) is 5.76 Å². The molecule has 0 saturated carbocycles. The molecule has 0 amide bonds. The van der Waals surface area contributed by atoms with Gasteiger partial charge in [-0.3, -0.25) is 0 Å². The lowest BCUT2D eigenvalue weighted by atomic mass is 10.1. The summed E-state index contributed by atoms with van der Waals surface area (Å²) in [4.78, 5) is 14.4. The minimum atomic E-state index is -0.361. The van der Waals surface area contributed by atoms with E-state index in [0.717, 1.165) is 42.8 Å². The van der Waals surface area contributed by atoms with Gasteiger partial charge in [-0.05, 0) is 50.7 Å². The second-order valence-electron chi connectivity index (χ2n) is 6.90.